The van der Waals surface area contributed by atoms with Gasteiger partial charge in [-0.25, -0.2) is 4.79 Å². The van der Waals surface area contributed by atoms with E-state index in [9.17, 15) is 14.4 Å². The molecule has 47 heavy (non-hydrogen) atoms. The maximum absolute atomic E-state index is 13.2. The summed E-state index contributed by atoms with van der Waals surface area (Å²) in [5, 5.41) is 3.25. The van der Waals surface area contributed by atoms with Gasteiger partial charge < -0.3 is 19.7 Å². The Labute approximate surface area is 278 Å². The minimum atomic E-state index is -0.704. The van der Waals surface area contributed by atoms with Gasteiger partial charge in [0.05, 0.1) is 13.7 Å². The fourth-order valence-corrected chi connectivity index (χ4v) is 5.47. The lowest BCUT2D eigenvalue weighted by Crippen LogP contribution is -2.33. The molecule has 0 aromatic heterocycles. The van der Waals surface area contributed by atoms with E-state index >= 15 is 0 Å². The lowest BCUT2D eigenvalue weighted by atomic mass is 10.00. The number of esters is 1. The number of benzene rings is 4. The van der Waals surface area contributed by atoms with Gasteiger partial charge in [0.2, 0.25) is 5.91 Å². The van der Waals surface area contributed by atoms with Gasteiger partial charge in [0.15, 0.2) is 5.78 Å². The van der Waals surface area contributed by atoms with Gasteiger partial charge in [-0.3, -0.25) is 9.59 Å². The number of ketones is 1. The van der Waals surface area contributed by atoms with Crippen molar-refractivity contribution in [1.29, 1.82) is 0 Å². The highest BCUT2D eigenvalue weighted by Crippen LogP contribution is 2.23. The molecule has 4 aromatic rings. The third-order valence-corrected chi connectivity index (χ3v) is 8.04. The molecule has 0 fully saturated rings. The lowest BCUT2D eigenvalue weighted by Gasteiger charge is -2.23. The first-order valence-corrected chi connectivity index (χ1v) is 16.6. The Morgan fingerprint density at radius 2 is 1.40 bits per heavy atom. The minimum absolute atomic E-state index is 0.127. The Kier molecular flexibility index (Phi) is 14.1. The summed E-state index contributed by atoms with van der Waals surface area (Å²) >= 11 is 0. The zero-order chi connectivity index (χ0) is 33.3. The molecule has 1 N–H and O–H groups in total. The number of amides is 1. The summed E-state index contributed by atoms with van der Waals surface area (Å²) in [5.41, 5.74) is 3.44. The maximum atomic E-state index is 13.2. The number of hydrogen-bond donors (Lipinski definition) is 1. The molecule has 7 heteroatoms. The van der Waals surface area contributed by atoms with E-state index in [2.05, 4.69) is 12.2 Å². The standard InChI is InChI=1S/C40H46N2O5/c1-3-4-5-6-13-23-38(43)42(33-19-11-8-12-20-33)28-16-29-47-34-26-24-31(25-27-34)30-37(40(45)46-2)41-36-22-15-14-21-35(36)39(44)32-17-9-7-10-18-32/h7-12,14-15,17-22,24-27,37,41H,3-6,13,16,23,28-30H2,1-2H3. The number of rotatable bonds is 19. The molecule has 0 aliphatic carbocycles. The number of methoxy groups -OCH3 is 1. The van der Waals surface area contributed by atoms with Crippen molar-refractivity contribution in [3.63, 3.8) is 0 Å². The molecule has 0 bridgehead atoms. The number of anilines is 2. The second kappa shape index (κ2) is 18.9. The van der Waals surface area contributed by atoms with Crippen LogP contribution in [0.25, 0.3) is 0 Å². The van der Waals surface area contributed by atoms with Gasteiger partial charge in [-0.05, 0) is 54.8 Å². The third-order valence-electron chi connectivity index (χ3n) is 8.04. The van der Waals surface area contributed by atoms with Crippen molar-refractivity contribution in [2.45, 2.75) is 64.3 Å². The first-order chi connectivity index (χ1) is 23.0. The smallest absolute Gasteiger partial charge is 0.328 e. The maximum Gasteiger partial charge on any atom is 0.328 e. The molecular formula is C40H46N2O5. The first-order valence-electron chi connectivity index (χ1n) is 16.6. The third kappa shape index (κ3) is 10.8. The van der Waals surface area contributed by atoms with Crippen molar-refractivity contribution < 1.29 is 23.9 Å². The highest BCUT2D eigenvalue weighted by atomic mass is 16.5. The fraction of sp³-hybridized carbons (Fsp3) is 0.325. The summed E-state index contributed by atoms with van der Waals surface area (Å²) < 4.78 is 11.1. The molecule has 1 amide bonds. The summed E-state index contributed by atoms with van der Waals surface area (Å²) in [4.78, 5) is 41.0. The van der Waals surface area contributed by atoms with Crippen LogP contribution in [0.1, 0.15) is 73.4 Å². The SMILES string of the molecule is CCCCCCCC(=O)N(CCCOc1ccc(CC(Nc2ccccc2C(=O)c2ccccc2)C(=O)OC)cc1)c1ccccc1. The average molecular weight is 635 g/mol. The molecule has 1 unspecified atom stereocenters. The molecule has 0 heterocycles. The monoisotopic (exact) mass is 634 g/mol. The van der Waals surface area contributed by atoms with Crippen molar-refractivity contribution in [2.24, 2.45) is 0 Å². The van der Waals surface area contributed by atoms with E-state index in [-0.39, 0.29) is 11.7 Å². The summed E-state index contributed by atoms with van der Waals surface area (Å²) in [6, 6.07) is 33.0. The second-order valence-electron chi connectivity index (χ2n) is 11.6. The Bertz CT molecular complexity index is 1540. The number of nitrogens with one attached hydrogen (secondary N) is 1. The van der Waals surface area contributed by atoms with Crippen molar-refractivity contribution in [1.82, 2.24) is 0 Å². The van der Waals surface area contributed by atoms with Gasteiger partial charge >= 0.3 is 5.97 Å². The Morgan fingerprint density at radius 1 is 0.745 bits per heavy atom. The van der Waals surface area contributed by atoms with E-state index in [1.54, 1.807) is 30.3 Å². The van der Waals surface area contributed by atoms with E-state index in [1.807, 2.05) is 83.8 Å². The Hall–Kier alpha value is -4.91. The molecule has 4 aromatic carbocycles. The molecule has 4 rings (SSSR count). The number of unbranched alkanes of at least 4 members (excludes halogenated alkanes) is 4. The second-order valence-corrected chi connectivity index (χ2v) is 11.6. The molecule has 0 spiro atoms. The highest BCUT2D eigenvalue weighted by molar-refractivity contribution is 6.12. The van der Waals surface area contributed by atoms with Gasteiger partial charge in [-0.1, -0.05) is 105 Å². The van der Waals surface area contributed by atoms with E-state index in [0.717, 1.165) is 24.1 Å². The molecule has 0 aliphatic rings. The number of ether oxygens (including phenoxy) is 2. The van der Waals surface area contributed by atoms with E-state index in [1.165, 1.54) is 26.4 Å². The summed E-state index contributed by atoms with van der Waals surface area (Å²) in [7, 11) is 1.36. The summed E-state index contributed by atoms with van der Waals surface area (Å²) in [6.45, 7) is 3.23. The van der Waals surface area contributed by atoms with E-state index in [0.29, 0.717) is 55.0 Å². The Balaban J connectivity index is 1.32. The van der Waals surface area contributed by atoms with Gasteiger partial charge in [0.25, 0.3) is 0 Å². The molecular weight excluding hydrogens is 588 g/mol. The van der Waals surface area contributed by atoms with Gasteiger partial charge in [0, 0.05) is 41.9 Å². The van der Waals surface area contributed by atoms with Crippen LogP contribution in [0.3, 0.4) is 0 Å². The van der Waals surface area contributed by atoms with Crippen molar-refractivity contribution in [2.75, 3.05) is 30.5 Å². The zero-order valence-corrected chi connectivity index (χ0v) is 27.5. The van der Waals surface area contributed by atoms with E-state index in [4.69, 9.17) is 9.47 Å². The normalized spacial score (nSPS) is 11.4. The van der Waals surface area contributed by atoms with Crippen molar-refractivity contribution >= 4 is 29.0 Å². The van der Waals surface area contributed by atoms with Gasteiger partial charge in [-0.15, -0.1) is 0 Å². The molecule has 0 aliphatic heterocycles. The average Bonchev–Trinajstić information content (AvgIpc) is 3.12. The van der Waals surface area contributed by atoms with Crippen LogP contribution in [-0.2, 0) is 20.7 Å². The topological polar surface area (TPSA) is 84.9 Å². The molecule has 1 atom stereocenters. The fourth-order valence-electron chi connectivity index (χ4n) is 5.47. The van der Waals surface area contributed by atoms with Crippen LogP contribution in [0.4, 0.5) is 11.4 Å². The zero-order valence-electron chi connectivity index (χ0n) is 27.5. The van der Waals surface area contributed by atoms with Crippen LogP contribution >= 0.6 is 0 Å². The molecule has 0 saturated carbocycles. The van der Waals surface area contributed by atoms with Crippen molar-refractivity contribution in [3.8, 4) is 5.75 Å². The van der Waals surface area contributed by atoms with Crippen LogP contribution in [0.15, 0.2) is 109 Å². The number of para-hydroxylation sites is 2. The Morgan fingerprint density at radius 3 is 2.11 bits per heavy atom. The molecule has 0 saturated heterocycles. The molecule has 246 valence electrons. The van der Waals surface area contributed by atoms with Crippen LogP contribution in [0, 0.1) is 0 Å². The van der Waals surface area contributed by atoms with Crippen LogP contribution in [0.2, 0.25) is 0 Å². The van der Waals surface area contributed by atoms with Crippen LogP contribution in [-0.4, -0.2) is 44.0 Å². The van der Waals surface area contributed by atoms with Gasteiger partial charge in [0.1, 0.15) is 11.8 Å². The molecule has 7 nitrogen and oxygen atoms in total. The summed E-state index contributed by atoms with van der Waals surface area (Å²) in [5.74, 6) is 0.310. The minimum Gasteiger partial charge on any atom is -0.494 e. The molecule has 0 radical (unpaired) electrons. The number of hydrogen-bond acceptors (Lipinski definition) is 6. The predicted molar refractivity (Wildman–Crippen MR) is 188 cm³/mol. The number of carbonyl (C=O) groups is 3. The van der Waals surface area contributed by atoms with Crippen molar-refractivity contribution in [3.05, 3.63) is 126 Å². The number of carbonyl (C=O) groups excluding carboxylic acids is 3. The highest BCUT2D eigenvalue weighted by Gasteiger charge is 2.23. The lowest BCUT2D eigenvalue weighted by molar-refractivity contribution is -0.141. The summed E-state index contributed by atoms with van der Waals surface area (Å²) in [6.07, 6.45) is 7.16. The number of nitrogens with zero attached hydrogens (tertiary/aromatic N) is 1. The van der Waals surface area contributed by atoms with Crippen LogP contribution < -0.4 is 15.0 Å². The van der Waals surface area contributed by atoms with E-state index < -0.39 is 12.0 Å². The largest absolute Gasteiger partial charge is 0.494 e. The first kappa shape index (κ1) is 35.0. The predicted octanol–water partition coefficient (Wildman–Crippen LogP) is 8.28. The quantitative estimate of drug-likeness (QED) is 0.0635. The van der Waals surface area contributed by atoms with Gasteiger partial charge in [-0.2, -0.15) is 0 Å². The van der Waals surface area contributed by atoms with Crippen LogP contribution in [0.5, 0.6) is 5.75 Å².